The minimum Gasteiger partial charge on any atom is -0.482 e. The SMILES string of the molecule is O=C(COc1ccc(F)cc1Cl)NCc1ccccc1F. The van der Waals surface area contributed by atoms with Gasteiger partial charge < -0.3 is 10.1 Å². The van der Waals surface area contributed by atoms with Crippen molar-refractivity contribution in [3.05, 3.63) is 64.7 Å². The van der Waals surface area contributed by atoms with Crippen LogP contribution < -0.4 is 10.1 Å². The molecule has 1 N–H and O–H groups in total. The molecule has 0 aliphatic heterocycles. The molecule has 0 aliphatic rings. The molecule has 0 saturated carbocycles. The Hall–Kier alpha value is -2.14. The lowest BCUT2D eigenvalue weighted by atomic mass is 10.2. The van der Waals surface area contributed by atoms with Gasteiger partial charge in [-0.25, -0.2) is 8.78 Å². The van der Waals surface area contributed by atoms with Crippen molar-refractivity contribution >= 4 is 17.5 Å². The van der Waals surface area contributed by atoms with Crippen LogP contribution in [-0.2, 0) is 11.3 Å². The van der Waals surface area contributed by atoms with Crippen LogP contribution in [-0.4, -0.2) is 12.5 Å². The van der Waals surface area contributed by atoms with Crippen LogP contribution in [0.5, 0.6) is 5.75 Å². The van der Waals surface area contributed by atoms with Gasteiger partial charge in [-0.1, -0.05) is 29.8 Å². The van der Waals surface area contributed by atoms with Crippen molar-refractivity contribution in [1.29, 1.82) is 0 Å². The number of amides is 1. The van der Waals surface area contributed by atoms with E-state index >= 15 is 0 Å². The second-order valence-electron chi connectivity index (χ2n) is 4.23. The Bertz CT molecular complexity index is 649. The van der Waals surface area contributed by atoms with Crippen LogP contribution >= 0.6 is 11.6 Å². The first-order valence-electron chi connectivity index (χ1n) is 6.14. The van der Waals surface area contributed by atoms with Crippen LogP contribution in [0.2, 0.25) is 5.02 Å². The van der Waals surface area contributed by atoms with Crippen molar-refractivity contribution in [2.45, 2.75) is 6.54 Å². The average molecular weight is 312 g/mol. The summed E-state index contributed by atoms with van der Waals surface area (Å²) in [6.07, 6.45) is 0. The van der Waals surface area contributed by atoms with Crippen molar-refractivity contribution in [1.82, 2.24) is 5.32 Å². The third-order valence-corrected chi connectivity index (χ3v) is 2.98. The van der Waals surface area contributed by atoms with Gasteiger partial charge >= 0.3 is 0 Å². The van der Waals surface area contributed by atoms with E-state index in [1.807, 2.05) is 0 Å². The molecule has 2 rings (SSSR count). The zero-order valence-corrected chi connectivity index (χ0v) is 11.7. The predicted molar refractivity (Wildman–Crippen MR) is 75.2 cm³/mol. The molecule has 0 radical (unpaired) electrons. The maximum Gasteiger partial charge on any atom is 0.258 e. The number of carbonyl (C=O) groups is 1. The Balaban J connectivity index is 1.84. The highest BCUT2D eigenvalue weighted by molar-refractivity contribution is 6.32. The Morgan fingerprint density at radius 3 is 2.67 bits per heavy atom. The molecule has 0 aliphatic carbocycles. The Morgan fingerprint density at radius 2 is 1.95 bits per heavy atom. The number of rotatable bonds is 5. The Kier molecular flexibility index (Phi) is 5.11. The van der Waals surface area contributed by atoms with Crippen molar-refractivity contribution in [3.8, 4) is 5.75 Å². The van der Waals surface area contributed by atoms with Gasteiger partial charge in [0.2, 0.25) is 0 Å². The summed E-state index contributed by atoms with van der Waals surface area (Å²) in [5.74, 6) is -1.10. The van der Waals surface area contributed by atoms with Crippen molar-refractivity contribution in [3.63, 3.8) is 0 Å². The van der Waals surface area contributed by atoms with Crippen molar-refractivity contribution in [2.75, 3.05) is 6.61 Å². The molecule has 0 unspecified atom stereocenters. The molecular weight excluding hydrogens is 300 g/mol. The molecule has 0 bridgehead atoms. The van der Waals surface area contributed by atoms with Crippen LogP contribution in [0.4, 0.5) is 8.78 Å². The first kappa shape index (κ1) is 15.3. The fourth-order valence-corrected chi connectivity index (χ4v) is 1.84. The van der Waals surface area contributed by atoms with Gasteiger partial charge in [-0.2, -0.15) is 0 Å². The maximum atomic E-state index is 13.3. The van der Waals surface area contributed by atoms with Gasteiger partial charge in [0.05, 0.1) is 5.02 Å². The molecule has 0 aromatic heterocycles. The summed E-state index contributed by atoms with van der Waals surface area (Å²) >= 11 is 5.76. The molecule has 21 heavy (non-hydrogen) atoms. The number of hydrogen-bond acceptors (Lipinski definition) is 2. The highest BCUT2D eigenvalue weighted by Crippen LogP contribution is 2.24. The molecule has 1 amide bonds. The zero-order valence-electron chi connectivity index (χ0n) is 10.9. The molecule has 0 heterocycles. The number of ether oxygens (including phenoxy) is 1. The second kappa shape index (κ2) is 7.04. The molecule has 3 nitrogen and oxygen atoms in total. The van der Waals surface area contributed by atoms with E-state index in [4.69, 9.17) is 16.3 Å². The van der Waals surface area contributed by atoms with Gasteiger partial charge in [0.25, 0.3) is 5.91 Å². The lowest BCUT2D eigenvalue weighted by Gasteiger charge is -2.09. The molecule has 0 atom stereocenters. The third-order valence-electron chi connectivity index (χ3n) is 2.69. The fourth-order valence-electron chi connectivity index (χ4n) is 1.62. The number of hydrogen-bond donors (Lipinski definition) is 1. The van der Waals surface area contributed by atoms with Gasteiger partial charge in [-0.05, 0) is 24.3 Å². The second-order valence-corrected chi connectivity index (χ2v) is 4.64. The quantitative estimate of drug-likeness (QED) is 0.920. The highest BCUT2D eigenvalue weighted by atomic mass is 35.5. The van der Waals surface area contributed by atoms with E-state index in [1.165, 1.54) is 18.2 Å². The number of carbonyl (C=O) groups excluding carboxylic acids is 1. The smallest absolute Gasteiger partial charge is 0.258 e. The van der Waals surface area contributed by atoms with Gasteiger partial charge in [-0.15, -0.1) is 0 Å². The van der Waals surface area contributed by atoms with E-state index < -0.39 is 11.7 Å². The first-order valence-corrected chi connectivity index (χ1v) is 6.52. The molecule has 2 aromatic carbocycles. The summed E-state index contributed by atoms with van der Waals surface area (Å²) in [7, 11) is 0. The lowest BCUT2D eigenvalue weighted by Crippen LogP contribution is -2.28. The van der Waals surface area contributed by atoms with Gasteiger partial charge in [-0.3, -0.25) is 4.79 Å². The predicted octanol–water partition coefficient (Wildman–Crippen LogP) is 3.31. The summed E-state index contributed by atoms with van der Waals surface area (Å²) in [4.78, 5) is 11.6. The summed E-state index contributed by atoms with van der Waals surface area (Å²) in [6.45, 7) is -0.230. The Morgan fingerprint density at radius 1 is 1.19 bits per heavy atom. The molecule has 110 valence electrons. The number of nitrogens with one attached hydrogen (secondary N) is 1. The normalized spacial score (nSPS) is 10.2. The molecule has 0 spiro atoms. The van der Waals surface area contributed by atoms with Crippen LogP contribution in [0.3, 0.4) is 0 Å². The topological polar surface area (TPSA) is 38.3 Å². The monoisotopic (exact) mass is 311 g/mol. The van der Waals surface area contributed by atoms with Gasteiger partial charge in [0.15, 0.2) is 6.61 Å². The largest absolute Gasteiger partial charge is 0.482 e. The maximum absolute atomic E-state index is 13.3. The molecule has 0 saturated heterocycles. The fraction of sp³-hybridized carbons (Fsp3) is 0.133. The third kappa shape index (κ3) is 4.43. The van der Waals surface area contributed by atoms with E-state index in [2.05, 4.69) is 5.32 Å². The van der Waals surface area contributed by atoms with Crippen LogP contribution in [0, 0.1) is 11.6 Å². The van der Waals surface area contributed by atoms with Crippen molar-refractivity contribution < 1.29 is 18.3 Å². The lowest BCUT2D eigenvalue weighted by molar-refractivity contribution is -0.123. The molecular formula is C15H12ClF2NO2. The van der Waals surface area contributed by atoms with Crippen LogP contribution in [0.1, 0.15) is 5.56 Å². The van der Waals surface area contributed by atoms with E-state index in [0.29, 0.717) is 5.56 Å². The highest BCUT2D eigenvalue weighted by Gasteiger charge is 2.08. The van der Waals surface area contributed by atoms with Crippen LogP contribution in [0.15, 0.2) is 42.5 Å². The summed E-state index contributed by atoms with van der Waals surface area (Å²) in [5, 5.41) is 2.60. The number of halogens is 3. The zero-order chi connectivity index (χ0) is 15.2. The van der Waals surface area contributed by atoms with Gasteiger partial charge in [0.1, 0.15) is 17.4 Å². The van der Waals surface area contributed by atoms with Crippen molar-refractivity contribution in [2.24, 2.45) is 0 Å². The summed E-state index contributed by atoms with van der Waals surface area (Å²) < 4.78 is 31.4. The minimum atomic E-state index is -0.489. The van der Waals surface area contributed by atoms with Gasteiger partial charge in [0, 0.05) is 12.1 Å². The minimum absolute atomic E-state index is 0.0615. The average Bonchev–Trinajstić information content (AvgIpc) is 2.45. The van der Waals surface area contributed by atoms with Crippen LogP contribution in [0.25, 0.3) is 0 Å². The molecule has 6 heteroatoms. The first-order chi connectivity index (χ1) is 10.1. The summed E-state index contributed by atoms with van der Waals surface area (Å²) in [5.41, 5.74) is 0.380. The standard InChI is InChI=1S/C15H12ClF2NO2/c16-12-7-11(17)5-6-14(12)21-9-15(20)19-8-10-3-1-2-4-13(10)18/h1-7H,8-9H2,(H,19,20). The summed E-state index contributed by atoms with van der Waals surface area (Å²) in [6, 6.07) is 9.75. The van der Waals surface area contributed by atoms with E-state index in [9.17, 15) is 13.6 Å². The molecule has 0 fully saturated rings. The molecule has 2 aromatic rings. The van der Waals surface area contributed by atoms with E-state index in [0.717, 1.165) is 6.07 Å². The van der Waals surface area contributed by atoms with E-state index in [1.54, 1.807) is 18.2 Å². The number of benzene rings is 2. The Labute approximate surface area is 125 Å². The van der Waals surface area contributed by atoms with E-state index in [-0.39, 0.29) is 29.7 Å².